The first-order chi connectivity index (χ1) is 9.52. The number of hydrogen-bond acceptors (Lipinski definition) is 3. The number of rotatable bonds is 4. The number of nitrogens with zero attached hydrogens (tertiary/aromatic N) is 1. The van der Waals surface area contributed by atoms with Crippen molar-refractivity contribution in [2.45, 2.75) is 26.7 Å². The van der Waals surface area contributed by atoms with E-state index in [1.807, 2.05) is 45.0 Å². The summed E-state index contributed by atoms with van der Waals surface area (Å²) in [7, 11) is 0. The minimum Gasteiger partial charge on any atom is -0.494 e. The average molecular weight is 337 g/mol. The molecule has 0 saturated carbocycles. The largest absolute Gasteiger partial charge is 0.494 e. The van der Waals surface area contributed by atoms with Gasteiger partial charge < -0.3 is 9.72 Å². The van der Waals surface area contributed by atoms with E-state index in [2.05, 4.69) is 25.9 Å². The first kappa shape index (κ1) is 14.8. The summed E-state index contributed by atoms with van der Waals surface area (Å²) in [6.45, 7) is 6.55. The molecule has 0 fully saturated rings. The number of hydrogen-bond donors (Lipinski definition) is 1. The zero-order chi connectivity index (χ0) is 14.7. The third-order valence-corrected chi connectivity index (χ3v) is 3.62. The molecule has 5 heteroatoms. The number of benzene rings is 1. The van der Waals surface area contributed by atoms with E-state index >= 15 is 0 Å². The number of halogens is 1. The van der Waals surface area contributed by atoms with E-state index in [1.54, 1.807) is 0 Å². The van der Waals surface area contributed by atoms with Crippen molar-refractivity contribution < 1.29 is 4.74 Å². The zero-order valence-corrected chi connectivity index (χ0v) is 13.3. The topological polar surface area (TPSA) is 55.0 Å². The Kier molecular flexibility index (Phi) is 4.60. The minimum atomic E-state index is -0.166. The van der Waals surface area contributed by atoms with Crippen molar-refractivity contribution in [3.8, 4) is 17.1 Å². The van der Waals surface area contributed by atoms with E-state index in [4.69, 9.17) is 4.74 Å². The molecule has 0 atom stereocenters. The van der Waals surface area contributed by atoms with Crippen molar-refractivity contribution in [2.24, 2.45) is 0 Å². The molecule has 0 bridgehead atoms. The molecule has 0 spiro atoms. The molecule has 1 N–H and O–H groups in total. The van der Waals surface area contributed by atoms with Gasteiger partial charge in [-0.1, -0.05) is 26.0 Å². The Morgan fingerprint density at radius 1 is 1.40 bits per heavy atom. The SMILES string of the molecule is CCOc1cccc(-c2nc(C(C)C)c(Br)c(=O)[nH]2)c1. The summed E-state index contributed by atoms with van der Waals surface area (Å²) in [5.74, 6) is 1.49. The maximum Gasteiger partial charge on any atom is 0.265 e. The second-order valence-electron chi connectivity index (χ2n) is 4.73. The number of nitrogens with one attached hydrogen (secondary N) is 1. The van der Waals surface area contributed by atoms with Crippen LogP contribution in [-0.2, 0) is 0 Å². The summed E-state index contributed by atoms with van der Waals surface area (Å²) in [5.41, 5.74) is 1.42. The van der Waals surface area contributed by atoms with E-state index in [0.29, 0.717) is 16.9 Å². The van der Waals surface area contributed by atoms with E-state index in [9.17, 15) is 4.79 Å². The van der Waals surface area contributed by atoms with E-state index < -0.39 is 0 Å². The Morgan fingerprint density at radius 3 is 2.80 bits per heavy atom. The van der Waals surface area contributed by atoms with E-state index in [0.717, 1.165) is 17.0 Å². The molecule has 0 saturated heterocycles. The number of ether oxygens (including phenoxy) is 1. The Hall–Kier alpha value is -1.62. The Labute approximate surface area is 126 Å². The maximum atomic E-state index is 12.0. The van der Waals surface area contributed by atoms with Gasteiger partial charge in [0.25, 0.3) is 5.56 Å². The summed E-state index contributed by atoms with van der Waals surface area (Å²) in [6, 6.07) is 7.54. The molecule has 1 heterocycles. The van der Waals surface area contributed by atoms with Crippen LogP contribution in [0.5, 0.6) is 5.75 Å². The molecule has 4 nitrogen and oxygen atoms in total. The van der Waals surface area contributed by atoms with Crippen molar-refractivity contribution in [1.29, 1.82) is 0 Å². The molecule has 2 aromatic rings. The predicted octanol–water partition coefficient (Wildman–Crippen LogP) is 3.72. The monoisotopic (exact) mass is 336 g/mol. The first-order valence-corrected chi connectivity index (χ1v) is 7.35. The average Bonchev–Trinajstić information content (AvgIpc) is 2.42. The highest BCUT2D eigenvalue weighted by atomic mass is 79.9. The number of H-pyrrole nitrogens is 1. The van der Waals surface area contributed by atoms with Crippen LogP contribution >= 0.6 is 15.9 Å². The van der Waals surface area contributed by atoms with Gasteiger partial charge in [0, 0.05) is 5.56 Å². The van der Waals surface area contributed by atoms with Crippen molar-refractivity contribution >= 4 is 15.9 Å². The van der Waals surface area contributed by atoms with Crippen molar-refractivity contribution in [1.82, 2.24) is 9.97 Å². The third kappa shape index (κ3) is 3.10. The highest BCUT2D eigenvalue weighted by Crippen LogP contribution is 2.24. The quantitative estimate of drug-likeness (QED) is 0.925. The second-order valence-corrected chi connectivity index (χ2v) is 5.52. The lowest BCUT2D eigenvalue weighted by molar-refractivity contribution is 0.340. The van der Waals surface area contributed by atoms with E-state index in [1.165, 1.54) is 0 Å². The summed E-state index contributed by atoms with van der Waals surface area (Å²) in [6.07, 6.45) is 0. The van der Waals surface area contributed by atoms with Gasteiger partial charge in [0.15, 0.2) is 0 Å². The predicted molar refractivity (Wildman–Crippen MR) is 83.3 cm³/mol. The molecule has 1 aromatic carbocycles. The first-order valence-electron chi connectivity index (χ1n) is 6.55. The van der Waals surface area contributed by atoms with Crippen LogP contribution in [0.2, 0.25) is 0 Å². The summed E-state index contributed by atoms with van der Waals surface area (Å²) in [4.78, 5) is 19.3. The highest BCUT2D eigenvalue weighted by Gasteiger charge is 2.13. The summed E-state index contributed by atoms with van der Waals surface area (Å²) >= 11 is 3.30. The van der Waals surface area contributed by atoms with Gasteiger partial charge in [0.1, 0.15) is 16.0 Å². The van der Waals surface area contributed by atoms with Gasteiger partial charge in [0.05, 0.1) is 12.3 Å². The Morgan fingerprint density at radius 2 is 2.15 bits per heavy atom. The summed E-state index contributed by atoms with van der Waals surface area (Å²) < 4.78 is 5.97. The van der Waals surface area contributed by atoms with Crippen molar-refractivity contribution in [2.75, 3.05) is 6.61 Å². The van der Waals surface area contributed by atoms with E-state index in [-0.39, 0.29) is 11.5 Å². The van der Waals surface area contributed by atoms with Crippen LogP contribution in [0.4, 0.5) is 0 Å². The van der Waals surface area contributed by atoms with Crippen LogP contribution in [0.3, 0.4) is 0 Å². The van der Waals surface area contributed by atoms with Crippen molar-refractivity contribution in [3.05, 3.63) is 44.8 Å². The number of aromatic nitrogens is 2. The maximum absolute atomic E-state index is 12.0. The van der Waals surface area contributed by atoms with Crippen LogP contribution in [0.15, 0.2) is 33.5 Å². The van der Waals surface area contributed by atoms with Gasteiger partial charge in [-0.25, -0.2) is 4.98 Å². The molecule has 0 radical (unpaired) electrons. The summed E-state index contributed by atoms with van der Waals surface area (Å²) in [5, 5.41) is 0. The lowest BCUT2D eigenvalue weighted by Gasteiger charge is -2.10. The second kappa shape index (κ2) is 6.22. The molecule has 0 unspecified atom stereocenters. The van der Waals surface area contributed by atoms with Crippen molar-refractivity contribution in [3.63, 3.8) is 0 Å². The van der Waals surface area contributed by atoms with Gasteiger partial charge in [-0.15, -0.1) is 0 Å². The van der Waals surface area contributed by atoms with Crippen LogP contribution in [0.1, 0.15) is 32.4 Å². The van der Waals surface area contributed by atoms with Crippen LogP contribution in [0, 0.1) is 0 Å². The molecule has 0 aliphatic carbocycles. The lowest BCUT2D eigenvalue weighted by Crippen LogP contribution is -2.14. The third-order valence-electron chi connectivity index (χ3n) is 2.85. The van der Waals surface area contributed by atoms with Gasteiger partial charge in [-0.2, -0.15) is 0 Å². The molecule has 0 aliphatic heterocycles. The van der Waals surface area contributed by atoms with Gasteiger partial charge in [-0.3, -0.25) is 4.79 Å². The fraction of sp³-hybridized carbons (Fsp3) is 0.333. The molecular weight excluding hydrogens is 320 g/mol. The number of aromatic amines is 1. The normalized spacial score (nSPS) is 10.8. The zero-order valence-electron chi connectivity index (χ0n) is 11.7. The Bertz CT molecular complexity index is 665. The van der Waals surface area contributed by atoms with Gasteiger partial charge in [0.2, 0.25) is 0 Å². The molecular formula is C15H17BrN2O2. The molecule has 1 aromatic heterocycles. The van der Waals surface area contributed by atoms with Crippen LogP contribution in [0.25, 0.3) is 11.4 Å². The standard InChI is InChI=1S/C15H17BrN2O2/c1-4-20-11-7-5-6-10(8-11)14-17-13(9(2)3)12(16)15(19)18-14/h5-9H,4H2,1-3H3,(H,17,18,19). The van der Waals surface area contributed by atoms with Gasteiger partial charge >= 0.3 is 0 Å². The van der Waals surface area contributed by atoms with Gasteiger partial charge in [-0.05, 0) is 40.9 Å². The lowest BCUT2D eigenvalue weighted by atomic mass is 10.1. The minimum absolute atomic E-state index is 0.166. The molecule has 0 aliphatic rings. The molecule has 2 rings (SSSR count). The van der Waals surface area contributed by atoms with Crippen LogP contribution in [-0.4, -0.2) is 16.6 Å². The molecule has 106 valence electrons. The smallest absolute Gasteiger partial charge is 0.265 e. The Balaban J connectivity index is 2.53. The fourth-order valence-electron chi connectivity index (χ4n) is 1.90. The molecule has 0 amide bonds. The highest BCUT2D eigenvalue weighted by molar-refractivity contribution is 9.10. The molecule has 20 heavy (non-hydrogen) atoms. The fourth-order valence-corrected chi connectivity index (χ4v) is 2.54. The van der Waals surface area contributed by atoms with Crippen LogP contribution < -0.4 is 10.3 Å².